The first kappa shape index (κ1) is 78.3. The van der Waals surface area contributed by atoms with E-state index in [1.807, 2.05) is 134 Å². The number of nitrogens with one attached hydrogen (secondary N) is 3. The minimum Gasteiger partial charge on any atom is -0.447 e. The summed E-state index contributed by atoms with van der Waals surface area (Å²) in [7, 11) is 4.67. The molecule has 3 aromatic rings. The van der Waals surface area contributed by atoms with E-state index < -0.39 is 67.1 Å². The highest BCUT2D eigenvalue weighted by Gasteiger charge is 2.20. The zero-order valence-electron chi connectivity index (χ0n) is 49.7. The molecule has 0 saturated heterocycles. The number of carbonyl (C=O) groups is 6. The van der Waals surface area contributed by atoms with Gasteiger partial charge in [-0.05, 0) is 95.7 Å². The summed E-state index contributed by atoms with van der Waals surface area (Å²) < 4.78 is 28.7. The largest absolute Gasteiger partial charge is 0.447 e. The SMILES string of the molecule is CCC(O)COC(=O)N(C)C.CCC(O)COC(=O)N(CC)CC.CCC(O)COC(=O)N(c1ccccc1)c1ccccc1.CCC(O)COC(=O)NC.CCC(O)COC(=O)Nc1ccccc1.CCNC(=O)OCC(O)CC. The molecule has 24 heteroatoms. The van der Waals surface area contributed by atoms with Crippen LogP contribution in [0, 0.1) is 0 Å². The van der Waals surface area contributed by atoms with Gasteiger partial charge in [-0.1, -0.05) is 96.1 Å². The Morgan fingerprint density at radius 3 is 1.05 bits per heavy atom. The summed E-state index contributed by atoms with van der Waals surface area (Å²) >= 11 is 0. The van der Waals surface area contributed by atoms with Gasteiger partial charge in [0.1, 0.15) is 39.6 Å². The minimum atomic E-state index is -0.637. The van der Waals surface area contributed by atoms with Crippen molar-refractivity contribution >= 4 is 53.6 Å². The van der Waals surface area contributed by atoms with E-state index in [9.17, 15) is 33.9 Å². The maximum absolute atomic E-state index is 12.4. The molecule has 0 aromatic heterocycles. The Labute approximate surface area is 479 Å². The highest BCUT2D eigenvalue weighted by atomic mass is 16.6. The van der Waals surface area contributed by atoms with Crippen LogP contribution in [-0.2, 0) is 28.4 Å². The molecule has 0 heterocycles. The van der Waals surface area contributed by atoms with Gasteiger partial charge in [0.15, 0.2) is 0 Å². The van der Waals surface area contributed by atoms with E-state index in [1.54, 1.807) is 38.1 Å². The monoisotopic (exact) mass is 1150 g/mol. The average Bonchev–Trinajstić information content (AvgIpc) is 3.49. The number of benzene rings is 3. The number of amides is 6. The van der Waals surface area contributed by atoms with Crippen LogP contribution in [0.1, 0.15) is 101 Å². The fourth-order valence-corrected chi connectivity index (χ4v) is 4.95. The van der Waals surface area contributed by atoms with Crippen molar-refractivity contribution in [3.05, 3.63) is 91.0 Å². The summed E-state index contributed by atoms with van der Waals surface area (Å²) in [5, 5.41) is 62.0. The summed E-state index contributed by atoms with van der Waals surface area (Å²) in [6.07, 6.45) is -2.69. The molecule has 0 fully saturated rings. The number of nitrogens with zero attached hydrogens (tertiary/aromatic N) is 3. The second-order valence-corrected chi connectivity index (χ2v) is 17.2. The van der Waals surface area contributed by atoms with Crippen LogP contribution in [0.25, 0.3) is 0 Å². The Bertz CT molecular complexity index is 1990. The van der Waals surface area contributed by atoms with E-state index in [4.69, 9.17) is 44.5 Å². The van der Waals surface area contributed by atoms with Crippen LogP contribution < -0.4 is 20.9 Å². The fourth-order valence-electron chi connectivity index (χ4n) is 4.95. The van der Waals surface area contributed by atoms with Gasteiger partial charge in [-0.2, -0.15) is 0 Å². The molecule has 9 N–H and O–H groups in total. The Hall–Kier alpha value is -6.96. The summed E-state index contributed by atoms with van der Waals surface area (Å²) in [5.41, 5.74) is 2.12. The van der Waals surface area contributed by atoms with E-state index in [1.165, 1.54) is 16.8 Å². The van der Waals surface area contributed by atoms with Gasteiger partial charge < -0.3 is 79.5 Å². The van der Waals surface area contributed by atoms with Crippen molar-refractivity contribution in [2.45, 2.75) is 137 Å². The molecule has 24 nitrogen and oxygen atoms in total. The molecule has 0 bridgehead atoms. The maximum Gasteiger partial charge on any atom is 0.419 e. The first-order valence-electron chi connectivity index (χ1n) is 27.2. The van der Waals surface area contributed by atoms with Gasteiger partial charge >= 0.3 is 36.6 Å². The number of rotatable bonds is 24. The number of ether oxygens (including phenoxy) is 6. The summed E-state index contributed by atoms with van der Waals surface area (Å²) in [5.74, 6) is 0. The van der Waals surface area contributed by atoms with E-state index >= 15 is 0 Å². The van der Waals surface area contributed by atoms with Gasteiger partial charge in [-0.3, -0.25) is 5.32 Å². The lowest BCUT2D eigenvalue weighted by molar-refractivity contribution is 0.0478. The standard InChI is InChI=1S/C17H19NO3.C11H15NO3.C9H19NO3.2C7H15NO3.C6H13NO3/c1-2-16(19)13-21-17(20)18(14-9-5-3-6-10-14)15-11-7-4-8-12-15;1-2-10(13)8-15-11(14)12-9-6-4-3-5-7-9;1-4-8(11)7-13-9(12)10(5-2)6-3;1-4-6(9)5-11-7(10)8(2)3;1-3-6(9)5-11-7(10)8-4-2;1-3-5(8)4-10-6(9)7-2/h3-12,16,19H,2,13H2,1H3;3-7,10,13H,2,8H2,1H3,(H,12,14);8,11H,4-7H2,1-3H3;6,9H,4-5H2,1-3H3;6,9H,3-5H2,1-2H3,(H,8,10);5,8H,3-4H2,1-2H3,(H,7,9). The van der Waals surface area contributed by atoms with Gasteiger partial charge in [-0.15, -0.1) is 0 Å². The normalized spacial score (nSPS) is 12.1. The van der Waals surface area contributed by atoms with Crippen molar-refractivity contribution in [2.24, 2.45) is 0 Å². The average molecular weight is 1150 g/mol. The molecular formula is C57H96N6O18. The van der Waals surface area contributed by atoms with Crippen molar-refractivity contribution in [3.63, 3.8) is 0 Å². The molecule has 3 rings (SSSR count). The molecule has 0 aliphatic heterocycles. The molecule has 0 spiro atoms. The number of alkyl carbamates (subject to hydrolysis) is 2. The van der Waals surface area contributed by atoms with Crippen LogP contribution in [0.15, 0.2) is 91.0 Å². The highest BCUT2D eigenvalue weighted by molar-refractivity contribution is 5.96. The third-order valence-corrected chi connectivity index (χ3v) is 10.4. The number of hydrogen-bond donors (Lipinski definition) is 9. The zero-order chi connectivity index (χ0) is 62.0. The maximum atomic E-state index is 12.4. The summed E-state index contributed by atoms with van der Waals surface area (Å²) in [4.78, 5) is 70.9. The number of carbonyl (C=O) groups excluding carboxylic acids is 6. The minimum absolute atomic E-state index is 0.00843. The first-order valence-corrected chi connectivity index (χ1v) is 27.2. The van der Waals surface area contributed by atoms with Gasteiger partial charge in [0.2, 0.25) is 0 Å². The van der Waals surface area contributed by atoms with Crippen molar-refractivity contribution in [1.82, 2.24) is 20.4 Å². The summed E-state index contributed by atoms with van der Waals surface area (Å²) in [6.45, 7) is 18.7. The molecule has 6 atom stereocenters. The molecule has 3 aromatic carbocycles. The van der Waals surface area contributed by atoms with Crippen molar-refractivity contribution < 1.29 is 87.8 Å². The lowest BCUT2D eigenvalue weighted by Crippen LogP contribution is -2.33. The second-order valence-electron chi connectivity index (χ2n) is 17.2. The molecule has 0 saturated carbocycles. The number of para-hydroxylation sites is 3. The van der Waals surface area contributed by atoms with Crippen molar-refractivity contribution in [2.75, 3.05) is 90.6 Å². The van der Waals surface area contributed by atoms with Gasteiger partial charge in [0.05, 0.1) is 48.0 Å². The molecule has 81 heavy (non-hydrogen) atoms. The fraction of sp³-hybridized carbons (Fsp3) is 0.579. The molecule has 462 valence electrons. The predicted molar refractivity (Wildman–Crippen MR) is 310 cm³/mol. The first-order chi connectivity index (χ1) is 38.6. The second kappa shape index (κ2) is 51.2. The van der Waals surface area contributed by atoms with Crippen LogP contribution >= 0.6 is 0 Å². The number of aliphatic hydroxyl groups is 6. The lowest BCUT2D eigenvalue weighted by Gasteiger charge is -2.23. The Morgan fingerprint density at radius 2 is 0.728 bits per heavy atom. The number of hydrogen-bond acceptors (Lipinski definition) is 18. The van der Waals surface area contributed by atoms with Crippen LogP contribution in [-0.4, -0.2) is 194 Å². The van der Waals surface area contributed by atoms with Crippen LogP contribution in [0.4, 0.5) is 45.8 Å². The van der Waals surface area contributed by atoms with Crippen LogP contribution in [0.5, 0.6) is 0 Å². The van der Waals surface area contributed by atoms with Crippen molar-refractivity contribution in [1.29, 1.82) is 0 Å². The third kappa shape index (κ3) is 43.5. The quantitative estimate of drug-likeness (QED) is 0.0383. The zero-order valence-corrected chi connectivity index (χ0v) is 49.7. The summed E-state index contributed by atoms with van der Waals surface area (Å²) in [6, 6.07) is 27.6. The van der Waals surface area contributed by atoms with E-state index in [2.05, 4.69) is 25.4 Å². The van der Waals surface area contributed by atoms with Crippen LogP contribution in [0.3, 0.4) is 0 Å². The van der Waals surface area contributed by atoms with E-state index in [0.717, 1.165) is 11.4 Å². The Balaban J connectivity index is -0.000000923. The Kier molecular flexibility index (Phi) is 49.5. The molecule has 0 aliphatic carbocycles. The molecule has 0 radical (unpaired) electrons. The van der Waals surface area contributed by atoms with Gasteiger partial charge in [0.25, 0.3) is 0 Å². The molecule has 6 amide bonds. The lowest BCUT2D eigenvalue weighted by atomic mass is 10.2. The highest BCUT2D eigenvalue weighted by Crippen LogP contribution is 2.26. The van der Waals surface area contributed by atoms with Gasteiger partial charge in [0, 0.05) is 46.5 Å². The molecule has 0 aliphatic rings. The number of aliphatic hydroxyl groups excluding tert-OH is 6. The number of anilines is 3. The molecule has 6 unspecified atom stereocenters. The Morgan fingerprint density at radius 1 is 0.420 bits per heavy atom. The van der Waals surface area contributed by atoms with E-state index in [-0.39, 0.29) is 45.7 Å². The van der Waals surface area contributed by atoms with Gasteiger partial charge in [-0.25, -0.2) is 33.7 Å². The smallest absolute Gasteiger partial charge is 0.419 e. The van der Waals surface area contributed by atoms with Crippen LogP contribution in [0.2, 0.25) is 0 Å². The topological polar surface area (TPSA) is 325 Å². The molecular weight excluding hydrogens is 1060 g/mol. The van der Waals surface area contributed by atoms with E-state index in [0.29, 0.717) is 63.8 Å². The third-order valence-electron chi connectivity index (χ3n) is 10.4. The van der Waals surface area contributed by atoms with Crippen molar-refractivity contribution in [3.8, 4) is 0 Å². The predicted octanol–water partition coefficient (Wildman–Crippen LogP) is 8.05.